The highest BCUT2D eigenvalue weighted by Gasteiger charge is 2.14. The molecule has 2 amide bonds. The molecule has 4 rings (SSSR count). The van der Waals surface area contributed by atoms with Gasteiger partial charge >= 0.3 is 11.9 Å². The Balaban J connectivity index is 1.37. The summed E-state index contributed by atoms with van der Waals surface area (Å²) in [5.74, 6) is -1.84. The highest BCUT2D eigenvalue weighted by atomic mass is 16.6. The number of esters is 2. The first-order valence-corrected chi connectivity index (χ1v) is 13.0. The van der Waals surface area contributed by atoms with Crippen molar-refractivity contribution in [2.75, 3.05) is 5.32 Å². The van der Waals surface area contributed by atoms with Crippen molar-refractivity contribution in [3.05, 3.63) is 136 Å². The number of nitro groups is 1. The predicted octanol–water partition coefficient (Wildman–Crippen LogP) is 5.16. The molecule has 0 aliphatic heterocycles. The van der Waals surface area contributed by atoms with Gasteiger partial charge in [-0.25, -0.2) is 15.0 Å². The molecule has 0 spiro atoms. The maximum Gasteiger partial charge on any atom is 0.343 e. The van der Waals surface area contributed by atoms with Crippen LogP contribution in [0.25, 0.3) is 6.08 Å². The van der Waals surface area contributed by atoms with E-state index in [0.29, 0.717) is 22.4 Å². The van der Waals surface area contributed by atoms with Crippen LogP contribution in [0.2, 0.25) is 0 Å². The molecule has 0 heterocycles. The molecule has 12 nitrogen and oxygen atoms in total. The number of nitrogens with zero attached hydrogens (tertiary/aromatic N) is 2. The summed E-state index contributed by atoms with van der Waals surface area (Å²) in [6, 6.07) is 24.2. The molecule has 0 bridgehead atoms. The molecule has 2 N–H and O–H groups in total. The Bertz CT molecular complexity index is 1760. The number of para-hydroxylation sites is 2. The minimum absolute atomic E-state index is 0.114. The van der Waals surface area contributed by atoms with E-state index in [4.69, 9.17) is 9.47 Å². The fraction of sp³-hybridized carbons (Fsp3) is 0.0312. The molecule has 12 heteroatoms. The molecule has 0 unspecified atom stereocenters. The first-order valence-electron chi connectivity index (χ1n) is 13.0. The van der Waals surface area contributed by atoms with Crippen LogP contribution in [0.5, 0.6) is 11.5 Å². The van der Waals surface area contributed by atoms with Crippen molar-refractivity contribution in [2.24, 2.45) is 5.10 Å². The molecule has 0 fully saturated rings. The number of benzene rings is 4. The van der Waals surface area contributed by atoms with E-state index < -0.39 is 22.8 Å². The number of carbonyl (C=O) groups excluding carboxylic acids is 4. The smallest absolute Gasteiger partial charge is 0.343 e. The lowest BCUT2D eigenvalue weighted by Crippen LogP contribution is -2.17. The second kappa shape index (κ2) is 14.5. The zero-order valence-corrected chi connectivity index (χ0v) is 23.1. The van der Waals surface area contributed by atoms with Crippen LogP contribution >= 0.6 is 0 Å². The Morgan fingerprint density at radius 1 is 0.773 bits per heavy atom. The molecular weight excluding hydrogens is 568 g/mol. The lowest BCUT2D eigenvalue weighted by molar-refractivity contribution is -0.384. The van der Waals surface area contributed by atoms with Crippen molar-refractivity contribution >= 4 is 47.4 Å². The SMILES string of the molecule is CC(=O)Nc1ccc(C(=O)N/N=C/c2ccccc2OC(=O)/C=C/c2ccccc2OC(=O)c2ccc([N+](=O)[O-])cc2)cc1. The molecule has 44 heavy (non-hydrogen) atoms. The van der Waals surface area contributed by atoms with E-state index in [9.17, 15) is 29.3 Å². The molecule has 0 radical (unpaired) electrons. The van der Waals surface area contributed by atoms with Crippen LogP contribution in [0.15, 0.2) is 108 Å². The second-order valence-corrected chi connectivity index (χ2v) is 8.98. The quantitative estimate of drug-likeness (QED) is 0.0636. The summed E-state index contributed by atoms with van der Waals surface area (Å²) in [6.45, 7) is 1.38. The van der Waals surface area contributed by atoms with Crippen LogP contribution in [0.1, 0.15) is 38.8 Å². The van der Waals surface area contributed by atoms with Gasteiger partial charge in [-0.1, -0.05) is 30.3 Å². The summed E-state index contributed by atoms with van der Waals surface area (Å²) in [5.41, 5.74) is 4.03. The summed E-state index contributed by atoms with van der Waals surface area (Å²) in [4.78, 5) is 59.0. The van der Waals surface area contributed by atoms with Gasteiger partial charge in [0.25, 0.3) is 11.6 Å². The Kier molecular flexibility index (Phi) is 10.0. The third kappa shape index (κ3) is 8.54. The number of non-ortho nitro benzene ring substituents is 1. The van der Waals surface area contributed by atoms with Crippen molar-refractivity contribution in [1.29, 1.82) is 0 Å². The third-order valence-corrected chi connectivity index (χ3v) is 5.80. The van der Waals surface area contributed by atoms with Crippen LogP contribution in [0, 0.1) is 10.1 Å². The van der Waals surface area contributed by atoms with E-state index in [-0.39, 0.29) is 28.7 Å². The van der Waals surface area contributed by atoms with Crippen molar-refractivity contribution in [3.8, 4) is 11.5 Å². The Morgan fingerprint density at radius 3 is 2.00 bits per heavy atom. The minimum atomic E-state index is -0.731. The first-order chi connectivity index (χ1) is 21.2. The molecule has 0 aromatic heterocycles. The van der Waals surface area contributed by atoms with E-state index in [0.717, 1.165) is 6.08 Å². The monoisotopic (exact) mass is 592 g/mol. The van der Waals surface area contributed by atoms with Gasteiger partial charge in [-0.2, -0.15) is 5.10 Å². The van der Waals surface area contributed by atoms with Gasteiger partial charge in [0.15, 0.2) is 0 Å². The number of amides is 2. The van der Waals surface area contributed by atoms with Crippen LogP contribution in [-0.2, 0) is 9.59 Å². The average Bonchev–Trinajstić information content (AvgIpc) is 3.01. The summed E-state index contributed by atoms with van der Waals surface area (Å²) < 4.78 is 10.9. The highest BCUT2D eigenvalue weighted by Crippen LogP contribution is 2.22. The largest absolute Gasteiger partial charge is 0.423 e. The fourth-order valence-electron chi connectivity index (χ4n) is 3.70. The number of hydrogen-bond acceptors (Lipinski definition) is 9. The average molecular weight is 593 g/mol. The third-order valence-electron chi connectivity index (χ3n) is 5.80. The molecular formula is C32H24N4O8. The molecule has 220 valence electrons. The van der Waals surface area contributed by atoms with Crippen molar-refractivity contribution in [3.63, 3.8) is 0 Å². The summed E-state index contributed by atoms with van der Waals surface area (Å²) in [6.07, 6.45) is 3.89. The predicted molar refractivity (Wildman–Crippen MR) is 161 cm³/mol. The number of rotatable bonds is 10. The normalized spacial score (nSPS) is 10.8. The molecule has 0 aliphatic rings. The fourth-order valence-corrected chi connectivity index (χ4v) is 3.70. The van der Waals surface area contributed by atoms with E-state index in [1.165, 1.54) is 61.7 Å². The van der Waals surface area contributed by atoms with Gasteiger partial charge in [-0.05, 0) is 60.7 Å². The first kappa shape index (κ1) is 30.5. The van der Waals surface area contributed by atoms with Crippen molar-refractivity contribution in [1.82, 2.24) is 5.43 Å². The molecule has 4 aromatic carbocycles. The van der Waals surface area contributed by atoms with Crippen LogP contribution in [-0.4, -0.2) is 34.9 Å². The number of nitrogens with one attached hydrogen (secondary N) is 2. The van der Waals surface area contributed by atoms with E-state index in [1.807, 2.05) is 0 Å². The molecule has 4 aromatic rings. The van der Waals surface area contributed by atoms with Crippen molar-refractivity contribution in [2.45, 2.75) is 6.92 Å². The summed E-state index contributed by atoms with van der Waals surface area (Å²) in [7, 11) is 0. The number of ether oxygens (including phenoxy) is 2. The summed E-state index contributed by atoms with van der Waals surface area (Å²) >= 11 is 0. The Morgan fingerprint density at radius 2 is 1.36 bits per heavy atom. The molecule has 0 aliphatic carbocycles. The topological polar surface area (TPSA) is 166 Å². The van der Waals surface area contributed by atoms with Crippen molar-refractivity contribution < 1.29 is 33.6 Å². The lowest BCUT2D eigenvalue weighted by atomic mass is 10.1. The number of hydrogen-bond donors (Lipinski definition) is 2. The lowest BCUT2D eigenvalue weighted by Gasteiger charge is -2.08. The van der Waals surface area contributed by atoms with Crippen LogP contribution < -0.4 is 20.2 Å². The van der Waals surface area contributed by atoms with E-state index in [2.05, 4.69) is 15.8 Å². The highest BCUT2D eigenvalue weighted by molar-refractivity contribution is 5.97. The van der Waals surface area contributed by atoms with Gasteiger partial charge in [0.05, 0.1) is 16.7 Å². The second-order valence-electron chi connectivity index (χ2n) is 8.98. The van der Waals surface area contributed by atoms with Gasteiger partial charge in [0, 0.05) is 47.5 Å². The van der Waals surface area contributed by atoms with E-state index in [1.54, 1.807) is 54.6 Å². The van der Waals surface area contributed by atoms with Gasteiger partial charge < -0.3 is 14.8 Å². The molecule has 0 atom stereocenters. The number of carbonyl (C=O) groups is 4. The molecule has 0 saturated heterocycles. The maximum absolute atomic E-state index is 12.6. The Labute approximate surface area is 250 Å². The number of nitro benzene ring substituents is 1. The standard InChI is InChI=1S/C32H24N4O8/c1-21(37)34-26-15-10-23(11-16-26)31(39)35-33-20-25-7-3-5-9-29(25)43-30(38)19-14-22-6-2-4-8-28(22)44-32(40)24-12-17-27(18-13-24)36(41)42/h2-20H,1H3,(H,34,37)(H,35,39)/b19-14+,33-20+. The minimum Gasteiger partial charge on any atom is -0.423 e. The van der Waals surface area contributed by atoms with Gasteiger partial charge in [0.1, 0.15) is 11.5 Å². The molecule has 0 saturated carbocycles. The number of anilines is 1. The van der Waals surface area contributed by atoms with E-state index >= 15 is 0 Å². The number of hydrazone groups is 1. The van der Waals surface area contributed by atoms with Gasteiger partial charge in [0.2, 0.25) is 5.91 Å². The van der Waals surface area contributed by atoms with Gasteiger partial charge in [-0.15, -0.1) is 0 Å². The van der Waals surface area contributed by atoms with Crippen LogP contribution in [0.4, 0.5) is 11.4 Å². The zero-order chi connectivity index (χ0) is 31.5. The summed E-state index contributed by atoms with van der Waals surface area (Å²) in [5, 5.41) is 17.4. The maximum atomic E-state index is 12.6. The zero-order valence-electron chi connectivity index (χ0n) is 23.1. The van der Waals surface area contributed by atoms with Crippen LogP contribution in [0.3, 0.4) is 0 Å². The van der Waals surface area contributed by atoms with Gasteiger partial charge in [-0.3, -0.25) is 19.7 Å². The Hall–Kier alpha value is -6.43.